The van der Waals surface area contributed by atoms with E-state index in [0.29, 0.717) is 43.3 Å². The largest absolute Gasteiger partial charge is 0.353 e. The molecule has 0 bridgehead atoms. The summed E-state index contributed by atoms with van der Waals surface area (Å²) in [7, 11) is 0. The summed E-state index contributed by atoms with van der Waals surface area (Å²) in [5.41, 5.74) is 2.19. The average Bonchev–Trinajstić information content (AvgIpc) is 2.74. The van der Waals surface area contributed by atoms with Gasteiger partial charge in [0.15, 0.2) is 6.29 Å². The summed E-state index contributed by atoms with van der Waals surface area (Å²) in [5.74, 6) is 1.29. The molecule has 6 nitrogen and oxygen atoms in total. The fourth-order valence-corrected chi connectivity index (χ4v) is 3.64. The van der Waals surface area contributed by atoms with Crippen molar-refractivity contribution in [2.45, 2.75) is 26.2 Å². The van der Waals surface area contributed by atoms with E-state index in [1.54, 1.807) is 12.3 Å². The quantitative estimate of drug-likeness (QED) is 0.441. The number of carbonyl (C=O) groups is 1. The maximum atomic E-state index is 11.5. The maximum absolute atomic E-state index is 11.5. The normalized spacial score (nSPS) is 15.3. The number of nitriles is 1. The summed E-state index contributed by atoms with van der Waals surface area (Å²) in [6.07, 6.45) is 2.33. The molecule has 7 heteroatoms. The Balaban J connectivity index is 1.78. The number of piperazine rings is 1. The Labute approximate surface area is 182 Å². The Kier molecular flexibility index (Phi) is 6.63. The zero-order valence-electron chi connectivity index (χ0n) is 17.5. The fraction of sp³-hybridized carbons (Fsp3) is 0.348. The molecular formula is C23H26ClN5O. The number of hydrogen-bond donors (Lipinski definition) is 1. The number of nitrogens with zero attached hydrogens (tertiary/aromatic N) is 4. The van der Waals surface area contributed by atoms with Gasteiger partial charge in [-0.25, -0.2) is 4.98 Å². The van der Waals surface area contributed by atoms with Crippen LogP contribution >= 0.6 is 11.6 Å². The van der Waals surface area contributed by atoms with Crippen molar-refractivity contribution in [3.8, 4) is 6.07 Å². The van der Waals surface area contributed by atoms with Crippen LogP contribution in [0, 0.1) is 11.3 Å². The van der Waals surface area contributed by atoms with Crippen molar-refractivity contribution in [2.24, 2.45) is 0 Å². The van der Waals surface area contributed by atoms with Crippen molar-refractivity contribution in [1.29, 1.82) is 5.26 Å². The highest BCUT2D eigenvalue weighted by Crippen LogP contribution is 2.26. The molecule has 1 saturated heterocycles. The fourth-order valence-electron chi connectivity index (χ4n) is 3.39. The van der Waals surface area contributed by atoms with E-state index < -0.39 is 0 Å². The van der Waals surface area contributed by atoms with Crippen molar-refractivity contribution in [3.05, 3.63) is 64.6 Å². The molecule has 0 atom stereocenters. The van der Waals surface area contributed by atoms with Crippen LogP contribution in [0.25, 0.3) is 0 Å². The first kappa shape index (κ1) is 21.7. The van der Waals surface area contributed by atoms with Gasteiger partial charge in [0.05, 0.1) is 5.02 Å². The number of nitrogens with one attached hydrogen (secondary N) is 1. The Morgan fingerprint density at radius 2 is 1.83 bits per heavy atom. The van der Waals surface area contributed by atoms with Gasteiger partial charge in [-0.2, -0.15) is 5.26 Å². The van der Waals surface area contributed by atoms with E-state index in [9.17, 15) is 10.1 Å². The van der Waals surface area contributed by atoms with E-state index in [4.69, 9.17) is 11.6 Å². The molecule has 1 aliphatic heterocycles. The standard InChI is InChI=1S/C23H26ClN5O/c1-23(2,3)18-6-8-19(9-7-18)27-21(17(15-25)16-30)28-11-13-29(14-12-28)22-20(24)5-4-10-26-22/h4-10,16,27H,11-14H2,1-3H3/b21-17+. The summed E-state index contributed by atoms with van der Waals surface area (Å²) >= 11 is 6.28. The minimum absolute atomic E-state index is 0.0564. The summed E-state index contributed by atoms with van der Waals surface area (Å²) in [4.78, 5) is 20.1. The predicted molar refractivity (Wildman–Crippen MR) is 121 cm³/mol. The molecule has 0 aliphatic carbocycles. The lowest BCUT2D eigenvalue weighted by molar-refractivity contribution is -0.104. The first-order valence-corrected chi connectivity index (χ1v) is 10.3. The van der Waals surface area contributed by atoms with Crippen LogP contribution in [0.15, 0.2) is 54.0 Å². The third-order valence-corrected chi connectivity index (χ3v) is 5.44. The minimum Gasteiger partial charge on any atom is -0.353 e. The number of benzene rings is 1. The summed E-state index contributed by atoms with van der Waals surface area (Å²) in [5, 5.41) is 13.4. The van der Waals surface area contributed by atoms with Gasteiger partial charge in [0.1, 0.15) is 23.3 Å². The van der Waals surface area contributed by atoms with Crippen LogP contribution in [-0.4, -0.2) is 42.3 Å². The van der Waals surface area contributed by atoms with E-state index in [1.807, 2.05) is 29.2 Å². The molecular weight excluding hydrogens is 398 g/mol. The number of hydrogen-bond acceptors (Lipinski definition) is 6. The smallest absolute Gasteiger partial charge is 0.164 e. The number of aromatic nitrogens is 1. The number of halogens is 1. The van der Waals surface area contributed by atoms with Crippen molar-refractivity contribution in [3.63, 3.8) is 0 Å². The van der Waals surface area contributed by atoms with Crippen LogP contribution in [0.2, 0.25) is 5.02 Å². The molecule has 1 aliphatic rings. The van der Waals surface area contributed by atoms with Crippen LogP contribution in [0.5, 0.6) is 0 Å². The lowest BCUT2D eigenvalue weighted by Gasteiger charge is -2.38. The van der Waals surface area contributed by atoms with Crippen LogP contribution in [-0.2, 0) is 10.2 Å². The topological polar surface area (TPSA) is 72.3 Å². The monoisotopic (exact) mass is 423 g/mol. The summed E-state index contributed by atoms with van der Waals surface area (Å²) < 4.78 is 0. The minimum atomic E-state index is 0.0564. The number of aldehydes is 1. The van der Waals surface area contributed by atoms with Crippen molar-refractivity contribution >= 4 is 29.4 Å². The van der Waals surface area contributed by atoms with Crippen molar-refractivity contribution < 1.29 is 4.79 Å². The molecule has 156 valence electrons. The van der Waals surface area contributed by atoms with E-state index in [2.05, 4.69) is 48.1 Å². The van der Waals surface area contributed by atoms with Crippen molar-refractivity contribution in [1.82, 2.24) is 9.88 Å². The first-order valence-electron chi connectivity index (χ1n) is 9.91. The third-order valence-electron chi connectivity index (χ3n) is 5.14. The second-order valence-corrected chi connectivity index (χ2v) is 8.63. The molecule has 0 amide bonds. The number of pyridine rings is 1. The zero-order chi connectivity index (χ0) is 21.7. The van der Waals surface area contributed by atoms with Crippen LogP contribution in [0.1, 0.15) is 26.3 Å². The molecule has 1 aromatic heterocycles. The molecule has 1 N–H and O–H groups in total. The Bertz CT molecular complexity index is 964. The van der Waals surface area contributed by atoms with E-state index in [1.165, 1.54) is 5.56 Å². The molecule has 3 rings (SSSR count). The molecule has 1 aromatic carbocycles. The third kappa shape index (κ3) is 4.92. The first-order chi connectivity index (χ1) is 14.3. The molecule has 0 unspecified atom stereocenters. The van der Waals surface area contributed by atoms with Gasteiger partial charge in [0.25, 0.3) is 0 Å². The SMILES string of the molecule is CC(C)(C)c1ccc(N/C(=C(/C#N)C=O)N2CCN(c3ncccc3Cl)CC2)cc1. The van der Waals surface area contributed by atoms with E-state index in [0.717, 1.165) is 11.5 Å². The Morgan fingerprint density at radius 3 is 2.37 bits per heavy atom. The second kappa shape index (κ2) is 9.19. The maximum Gasteiger partial charge on any atom is 0.164 e. The van der Waals surface area contributed by atoms with Gasteiger partial charge >= 0.3 is 0 Å². The predicted octanol–water partition coefficient (Wildman–Crippen LogP) is 4.20. The van der Waals surface area contributed by atoms with Gasteiger partial charge in [-0.1, -0.05) is 44.5 Å². The van der Waals surface area contributed by atoms with Gasteiger partial charge < -0.3 is 15.1 Å². The molecule has 0 saturated carbocycles. The lowest BCUT2D eigenvalue weighted by Crippen LogP contribution is -2.47. The van der Waals surface area contributed by atoms with E-state index in [-0.39, 0.29) is 11.0 Å². The summed E-state index contributed by atoms with van der Waals surface area (Å²) in [6.45, 7) is 9.12. The van der Waals surface area contributed by atoms with E-state index >= 15 is 0 Å². The molecule has 0 spiro atoms. The molecule has 2 aromatic rings. The van der Waals surface area contributed by atoms with Gasteiger partial charge in [-0.3, -0.25) is 4.79 Å². The van der Waals surface area contributed by atoms with Gasteiger partial charge in [-0.15, -0.1) is 0 Å². The molecule has 1 fully saturated rings. The second-order valence-electron chi connectivity index (χ2n) is 8.23. The summed E-state index contributed by atoms with van der Waals surface area (Å²) in [6, 6.07) is 13.7. The Morgan fingerprint density at radius 1 is 1.17 bits per heavy atom. The number of anilines is 2. The van der Waals surface area contributed by atoms with Crippen molar-refractivity contribution in [2.75, 3.05) is 36.4 Å². The molecule has 30 heavy (non-hydrogen) atoms. The number of allylic oxidation sites excluding steroid dienone is 1. The van der Waals surface area contributed by atoms with Crippen LogP contribution in [0.4, 0.5) is 11.5 Å². The Hall–Kier alpha value is -3.04. The zero-order valence-corrected chi connectivity index (χ0v) is 18.3. The van der Waals surface area contributed by atoms with Gasteiger partial charge in [0, 0.05) is 38.1 Å². The van der Waals surface area contributed by atoms with Crippen LogP contribution < -0.4 is 10.2 Å². The molecule has 2 heterocycles. The highest BCUT2D eigenvalue weighted by atomic mass is 35.5. The highest BCUT2D eigenvalue weighted by molar-refractivity contribution is 6.32. The number of carbonyl (C=O) groups excluding carboxylic acids is 1. The number of rotatable bonds is 5. The average molecular weight is 424 g/mol. The molecule has 0 radical (unpaired) electrons. The highest BCUT2D eigenvalue weighted by Gasteiger charge is 2.23. The van der Waals surface area contributed by atoms with Gasteiger partial charge in [0.2, 0.25) is 0 Å². The van der Waals surface area contributed by atoms with Crippen LogP contribution in [0.3, 0.4) is 0 Å². The van der Waals surface area contributed by atoms with Gasteiger partial charge in [-0.05, 0) is 35.2 Å². The lowest BCUT2D eigenvalue weighted by atomic mass is 9.87.